The van der Waals surface area contributed by atoms with Crippen LogP contribution in [0.25, 0.3) is 0 Å². The molecule has 0 bridgehead atoms. The van der Waals surface area contributed by atoms with E-state index in [4.69, 9.17) is 0 Å². The number of fused-ring (bicyclic) bond motifs is 1. The second kappa shape index (κ2) is 4.85. The van der Waals surface area contributed by atoms with Crippen LogP contribution in [0.4, 0.5) is 0 Å². The molecule has 3 aliphatic rings. The van der Waals surface area contributed by atoms with Crippen molar-refractivity contribution in [3.63, 3.8) is 0 Å². The van der Waals surface area contributed by atoms with Gasteiger partial charge in [0.2, 0.25) is 11.8 Å². The van der Waals surface area contributed by atoms with Gasteiger partial charge >= 0.3 is 0 Å². The molecular weight excluding hydrogens is 254 g/mol. The molecule has 3 fully saturated rings. The van der Waals surface area contributed by atoms with E-state index in [1.54, 1.807) is 0 Å². The van der Waals surface area contributed by atoms with Gasteiger partial charge in [0.15, 0.2) is 0 Å². The molecule has 2 aliphatic carbocycles. The van der Waals surface area contributed by atoms with Crippen molar-refractivity contribution in [3.05, 3.63) is 0 Å². The minimum absolute atomic E-state index is 0.0134. The van der Waals surface area contributed by atoms with Gasteiger partial charge in [-0.1, -0.05) is 13.3 Å². The van der Waals surface area contributed by atoms with Gasteiger partial charge in [-0.15, -0.1) is 0 Å². The fourth-order valence-electron chi connectivity index (χ4n) is 3.96. The summed E-state index contributed by atoms with van der Waals surface area (Å²) >= 11 is 0. The molecule has 4 atom stereocenters. The van der Waals surface area contributed by atoms with Crippen molar-refractivity contribution in [3.8, 4) is 6.07 Å². The maximum Gasteiger partial charge on any atom is 0.233 e. The number of likely N-dealkylation sites (tertiary alicyclic amines) is 1. The molecule has 1 N–H and O–H groups in total. The lowest BCUT2D eigenvalue weighted by atomic mass is 9.85. The van der Waals surface area contributed by atoms with E-state index in [1.165, 1.54) is 4.90 Å². The molecule has 2 amide bonds. The number of imide groups is 1. The minimum Gasteiger partial charge on any atom is -0.299 e. The van der Waals surface area contributed by atoms with Crippen LogP contribution in [-0.4, -0.2) is 35.3 Å². The fraction of sp³-hybridized carbons (Fsp3) is 0.800. The van der Waals surface area contributed by atoms with Crippen molar-refractivity contribution in [1.29, 1.82) is 5.26 Å². The molecule has 0 aromatic carbocycles. The number of amides is 2. The summed E-state index contributed by atoms with van der Waals surface area (Å²) in [6.07, 6.45) is 4.42. The lowest BCUT2D eigenvalue weighted by Gasteiger charge is -2.30. The Balaban J connectivity index is 1.62. The maximum absolute atomic E-state index is 11.9. The first-order valence-electron chi connectivity index (χ1n) is 7.64. The van der Waals surface area contributed by atoms with Gasteiger partial charge in [-0.25, -0.2) is 0 Å². The van der Waals surface area contributed by atoms with Gasteiger partial charge in [0.05, 0.1) is 17.9 Å². The van der Waals surface area contributed by atoms with Crippen LogP contribution in [0.5, 0.6) is 0 Å². The second-order valence-electron chi connectivity index (χ2n) is 6.27. The van der Waals surface area contributed by atoms with Crippen LogP contribution in [0.3, 0.4) is 0 Å². The van der Waals surface area contributed by atoms with E-state index < -0.39 is 5.54 Å². The third kappa shape index (κ3) is 1.94. The van der Waals surface area contributed by atoms with E-state index >= 15 is 0 Å². The van der Waals surface area contributed by atoms with E-state index in [9.17, 15) is 14.9 Å². The highest BCUT2D eigenvalue weighted by atomic mass is 16.2. The zero-order valence-corrected chi connectivity index (χ0v) is 11.9. The minimum atomic E-state index is -0.455. The first-order chi connectivity index (χ1) is 9.63. The number of piperidine rings is 1. The van der Waals surface area contributed by atoms with Crippen molar-refractivity contribution >= 4 is 11.8 Å². The van der Waals surface area contributed by atoms with Gasteiger partial charge in [0, 0.05) is 6.54 Å². The van der Waals surface area contributed by atoms with Crippen LogP contribution in [-0.2, 0) is 9.59 Å². The normalized spacial score (nSPS) is 39.0. The molecule has 0 radical (unpaired) electrons. The molecule has 1 saturated heterocycles. The standard InChI is InChI=1S/C15H21N3O2/c1-2-17-15(9-16)6-3-4-10(15)5-7-18-13(19)11-8-12(11)14(18)20/h10-12,17H,2-8H2,1H3. The SMILES string of the molecule is CCNC1(C#N)CCCC1CCN1C(=O)C2CC2C1=O. The van der Waals surface area contributed by atoms with Crippen LogP contribution in [0.1, 0.15) is 39.0 Å². The second-order valence-corrected chi connectivity index (χ2v) is 6.27. The van der Waals surface area contributed by atoms with Crippen molar-refractivity contribution in [2.45, 2.75) is 44.6 Å². The summed E-state index contributed by atoms with van der Waals surface area (Å²) in [5.41, 5.74) is -0.455. The van der Waals surface area contributed by atoms with Gasteiger partial charge in [0.25, 0.3) is 0 Å². The number of rotatable bonds is 5. The zero-order valence-electron chi connectivity index (χ0n) is 11.9. The zero-order chi connectivity index (χ0) is 14.3. The van der Waals surface area contributed by atoms with Crippen LogP contribution < -0.4 is 5.32 Å². The Hall–Kier alpha value is -1.41. The van der Waals surface area contributed by atoms with Crippen molar-refractivity contribution in [2.75, 3.05) is 13.1 Å². The van der Waals surface area contributed by atoms with E-state index in [-0.39, 0.29) is 29.6 Å². The third-order valence-corrected chi connectivity index (χ3v) is 5.17. The lowest BCUT2D eigenvalue weighted by Crippen LogP contribution is -2.48. The van der Waals surface area contributed by atoms with Gasteiger partial charge in [-0.05, 0) is 38.1 Å². The molecule has 4 unspecified atom stereocenters. The maximum atomic E-state index is 11.9. The monoisotopic (exact) mass is 275 g/mol. The summed E-state index contributed by atoms with van der Waals surface area (Å²) in [6.45, 7) is 3.27. The van der Waals surface area contributed by atoms with Crippen LogP contribution in [0.2, 0.25) is 0 Å². The number of carbonyl (C=O) groups is 2. The Morgan fingerprint density at radius 2 is 2.10 bits per heavy atom. The van der Waals surface area contributed by atoms with Gasteiger partial charge in [-0.2, -0.15) is 5.26 Å². The predicted octanol–water partition coefficient (Wildman–Crippen LogP) is 1.05. The molecule has 5 heteroatoms. The largest absolute Gasteiger partial charge is 0.299 e. The molecule has 0 aromatic heterocycles. The molecule has 0 spiro atoms. The molecule has 0 aromatic rings. The number of nitriles is 1. The Morgan fingerprint density at radius 1 is 1.40 bits per heavy atom. The first kappa shape index (κ1) is 13.6. The molecule has 2 saturated carbocycles. The summed E-state index contributed by atoms with van der Waals surface area (Å²) in [5.74, 6) is 0.249. The van der Waals surface area contributed by atoms with E-state index in [0.29, 0.717) is 6.54 Å². The van der Waals surface area contributed by atoms with Crippen molar-refractivity contribution in [1.82, 2.24) is 10.2 Å². The Labute approximate surface area is 119 Å². The fourth-order valence-corrected chi connectivity index (χ4v) is 3.96. The van der Waals surface area contributed by atoms with Crippen molar-refractivity contribution < 1.29 is 9.59 Å². The third-order valence-electron chi connectivity index (χ3n) is 5.17. The van der Waals surface area contributed by atoms with Crippen LogP contribution >= 0.6 is 0 Å². The summed E-state index contributed by atoms with van der Waals surface area (Å²) in [4.78, 5) is 25.3. The summed E-state index contributed by atoms with van der Waals surface area (Å²) in [7, 11) is 0. The molecule has 1 heterocycles. The first-order valence-corrected chi connectivity index (χ1v) is 7.64. The number of nitrogens with zero attached hydrogens (tertiary/aromatic N) is 2. The number of carbonyl (C=O) groups excluding carboxylic acids is 2. The highest BCUT2D eigenvalue weighted by Gasteiger charge is 2.58. The molecule has 108 valence electrons. The Kier molecular flexibility index (Phi) is 3.29. The molecule has 20 heavy (non-hydrogen) atoms. The molecular formula is C15H21N3O2. The topological polar surface area (TPSA) is 73.2 Å². The lowest BCUT2D eigenvalue weighted by molar-refractivity contribution is -0.141. The van der Waals surface area contributed by atoms with Crippen LogP contribution in [0.15, 0.2) is 0 Å². The summed E-state index contributed by atoms with van der Waals surface area (Å²) in [6, 6.07) is 2.44. The van der Waals surface area contributed by atoms with E-state index in [0.717, 1.165) is 38.6 Å². The highest BCUT2D eigenvalue weighted by molar-refractivity contribution is 6.08. The number of hydrogen-bond acceptors (Lipinski definition) is 4. The van der Waals surface area contributed by atoms with E-state index in [1.807, 2.05) is 6.92 Å². The predicted molar refractivity (Wildman–Crippen MR) is 72.3 cm³/mol. The van der Waals surface area contributed by atoms with Crippen molar-refractivity contribution in [2.24, 2.45) is 17.8 Å². The molecule has 5 nitrogen and oxygen atoms in total. The highest BCUT2D eigenvalue weighted by Crippen LogP contribution is 2.47. The Bertz CT molecular complexity index is 464. The number of nitrogens with one attached hydrogen (secondary N) is 1. The van der Waals surface area contributed by atoms with Gasteiger partial charge in [0.1, 0.15) is 5.54 Å². The van der Waals surface area contributed by atoms with Crippen LogP contribution in [0, 0.1) is 29.1 Å². The number of hydrogen-bond donors (Lipinski definition) is 1. The van der Waals surface area contributed by atoms with Gasteiger partial charge in [-0.3, -0.25) is 19.8 Å². The average Bonchev–Trinajstić information content (AvgIpc) is 3.09. The van der Waals surface area contributed by atoms with Gasteiger partial charge < -0.3 is 0 Å². The Morgan fingerprint density at radius 3 is 2.70 bits per heavy atom. The molecule has 3 rings (SSSR count). The smallest absolute Gasteiger partial charge is 0.233 e. The van der Waals surface area contributed by atoms with E-state index in [2.05, 4.69) is 11.4 Å². The quantitative estimate of drug-likeness (QED) is 0.761. The average molecular weight is 275 g/mol. The summed E-state index contributed by atoms with van der Waals surface area (Å²) < 4.78 is 0. The summed E-state index contributed by atoms with van der Waals surface area (Å²) in [5, 5.41) is 12.8. The molecule has 1 aliphatic heterocycles.